The van der Waals surface area contributed by atoms with Gasteiger partial charge in [-0.1, -0.05) is 0 Å². The fourth-order valence-electron chi connectivity index (χ4n) is 1.63. The number of halogens is 1. The first kappa shape index (κ1) is 15.0. The van der Waals surface area contributed by atoms with Crippen LogP contribution < -0.4 is 10.1 Å². The van der Waals surface area contributed by atoms with Crippen molar-refractivity contribution in [3.05, 3.63) is 28.2 Å². The molecule has 1 N–H and O–H groups in total. The number of benzene rings is 1. The number of likely N-dealkylation sites (N-methyl/N-ethyl adjacent to an activating group) is 2. The van der Waals surface area contributed by atoms with Crippen LogP contribution in [0.4, 0.5) is 0 Å². The Balaban J connectivity index is 2.87. The summed E-state index contributed by atoms with van der Waals surface area (Å²) in [4.78, 5) is 14.1. The van der Waals surface area contributed by atoms with Gasteiger partial charge in [0.2, 0.25) is 0 Å². The summed E-state index contributed by atoms with van der Waals surface area (Å²) in [5, 5.41) is 3.04. The molecule has 1 amide bonds. The van der Waals surface area contributed by atoms with Gasteiger partial charge < -0.3 is 15.0 Å². The predicted molar refractivity (Wildman–Crippen MR) is 76.2 cm³/mol. The maximum atomic E-state index is 12.3. The molecule has 0 fully saturated rings. The summed E-state index contributed by atoms with van der Waals surface area (Å²) in [6.45, 7) is 4.15. The van der Waals surface area contributed by atoms with E-state index in [4.69, 9.17) is 4.74 Å². The van der Waals surface area contributed by atoms with E-state index in [-0.39, 0.29) is 5.91 Å². The first-order valence-electron chi connectivity index (χ1n) is 5.91. The second kappa shape index (κ2) is 7.38. The minimum absolute atomic E-state index is 0.0264. The molecule has 1 rings (SSSR count). The summed E-state index contributed by atoms with van der Waals surface area (Å²) in [5.74, 6) is 0.698. The number of hydrogen-bond acceptors (Lipinski definition) is 3. The zero-order chi connectivity index (χ0) is 13.5. The van der Waals surface area contributed by atoms with Gasteiger partial charge in [0.05, 0.1) is 11.6 Å². The highest BCUT2D eigenvalue weighted by molar-refractivity contribution is 9.10. The molecule has 0 saturated carbocycles. The van der Waals surface area contributed by atoms with Gasteiger partial charge in [-0.15, -0.1) is 0 Å². The number of ether oxygens (including phenoxy) is 1. The number of carbonyl (C=O) groups excluding carboxylic acids is 1. The van der Waals surface area contributed by atoms with E-state index in [1.54, 1.807) is 24.1 Å². The number of methoxy groups -OCH3 is 1. The molecule has 0 radical (unpaired) electrons. The maximum Gasteiger partial charge on any atom is 0.254 e. The third kappa shape index (κ3) is 3.71. The quantitative estimate of drug-likeness (QED) is 0.874. The van der Waals surface area contributed by atoms with E-state index < -0.39 is 0 Å². The third-order valence-electron chi connectivity index (χ3n) is 2.70. The van der Waals surface area contributed by atoms with E-state index in [0.29, 0.717) is 24.4 Å². The fraction of sp³-hybridized carbons (Fsp3) is 0.462. The second-order valence-corrected chi connectivity index (χ2v) is 4.69. The van der Waals surface area contributed by atoms with Gasteiger partial charge in [0.1, 0.15) is 5.75 Å². The average molecular weight is 315 g/mol. The summed E-state index contributed by atoms with van der Waals surface area (Å²) in [6.07, 6.45) is 0. The smallest absolute Gasteiger partial charge is 0.254 e. The van der Waals surface area contributed by atoms with Gasteiger partial charge in [-0.3, -0.25) is 4.79 Å². The lowest BCUT2D eigenvalue weighted by Crippen LogP contribution is -2.36. The first-order valence-corrected chi connectivity index (χ1v) is 6.70. The summed E-state index contributed by atoms with van der Waals surface area (Å²) in [5.41, 5.74) is 0.646. The lowest BCUT2D eigenvalue weighted by Gasteiger charge is -2.21. The van der Waals surface area contributed by atoms with Crippen LogP contribution in [-0.2, 0) is 0 Å². The summed E-state index contributed by atoms with van der Waals surface area (Å²) in [6, 6.07) is 5.39. The van der Waals surface area contributed by atoms with Crippen LogP contribution in [0.15, 0.2) is 22.7 Å². The number of hydrogen-bond donors (Lipinski definition) is 1. The van der Waals surface area contributed by atoms with Crippen LogP contribution >= 0.6 is 15.9 Å². The normalized spacial score (nSPS) is 10.2. The molecular formula is C13H19BrN2O2. The number of nitrogens with one attached hydrogen (secondary N) is 1. The van der Waals surface area contributed by atoms with Gasteiger partial charge in [-0.25, -0.2) is 0 Å². The molecule has 0 aliphatic rings. The molecule has 0 atom stereocenters. The number of carbonyl (C=O) groups is 1. The summed E-state index contributed by atoms with van der Waals surface area (Å²) >= 11 is 3.38. The van der Waals surface area contributed by atoms with Crippen LogP contribution in [0.5, 0.6) is 5.75 Å². The Morgan fingerprint density at radius 1 is 1.50 bits per heavy atom. The standard InChI is InChI=1S/C13H19BrN2O2/c1-4-16(8-7-15-2)13(17)10-5-6-11(14)12(9-10)18-3/h5-6,9,15H,4,7-8H2,1-3H3. The topological polar surface area (TPSA) is 41.6 Å². The minimum atomic E-state index is 0.0264. The molecule has 0 bridgehead atoms. The Morgan fingerprint density at radius 3 is 2.78 bits per heavy atom. The minimum Gasteiger partial charge on any atom is -0.496 e. The molecule has 0 aliphatic heterocycles. The highest BCUT2D eigenvalue weighted by Crippen LogP contribution is 2.26. The van der Waals surface area contributed by atoms with Crippen LogP contribution in [-0.4, -0.2) is 44.6 Å². The highest BCUT2D eigenvalue weighted by atomic mass is 79.9. The van der Waals surface area contributed by atoms with Gasteiger partial charge in [-0.05, 0) is 48.1 Å². The van der Waals surface area contributed by atoms with Crippen LogP contribution in [0.1, 0.15) is 17.3 Å². The molecule has 5 heteroatoms. The van der Waals surface area contributed by atoms with Gasteiger partial charge >= 0.3 is 0 Å². The zero-order valence-electron chi connectivity index (χ0n) is 11.0. The van der Waals surface area contributed by atoms with Crippen LogP contribution in [0.3, 0.4) is 0 Å². The lowest BCUT2D eigenvalue weighted by molar-refractivity contribution is 0.0766. The van der Waals surface area contributed by atoms with E-state index in [0.717, 1.165) is 11.0 Å². The largest absolute Gasteiger partial charge is 0.496 e. The number of nitrogens with zero attached hydrogens (tertiary/aromatic N) is 1. The Hall–Kier alpha value is -1.07. The molecule has 0 spiro atoms. The molecule has 0 heterocycles. The van der Waals surface area contributed by atoms with Crippen molar-refractivity contribution in [2.45, 2.75) is 6.92 Å². The molecule has 1 aromatic carbocycles. The van der Waals surface area contributed by atoms with E-state index >= 15 is 0 Å². The summed E-state index contributed by atoms with van der Waals surface area (Å²) in [7, 11) is 3.47. The maximum absolute atomic E-state index is 12.3. The van der Waals surface area contributed by atoms with Crippen molar-refractivity contribution < 1.29 is 9.53 Å². The van der Waals surface area contributed by atoms with Crippen molar-refractivity contribution in [2.24, 2.45) is 0 Å². The Kier molecular flexibility index (Phi) is 6.15. The van der Waals surface area contributed by atoms with Crippen molar-refractivity contribution in [2.75, 3.05) is 33.8 Å². The van der Waals surface area contributed by atoms with E-state index in [1.165, 1.54) is 0 Å². The molecule has 100 valence electrons. The van der Waals surface area contributed by atoms with Gasteiger partial charge in [0.15, 0.2) is 0 Å². The first-order chi connectivity index (χ1) is 8.63. The number of amides is 1. The lowest BCUT2D eigenvalue weighted by atomic mass is 10.2. The third-order valence-corrected chi connectivity index (χ3v) is 3.35. The summed E-state index contributed by atoms with van der Waals surface area (Å²) < 4.78 is 6.05. The molecule has 18 heavy (non-hydrogen) atoms. The molecule has 1 aromatic rings. The van der Waals surface area contributed by atoms with E-state index in [2.05, 4.69) is 21.2 Å². The van der Waals surface area contributed by atoms with Gasteiger partial charge in [-0.2, -0.15) is 0 Å². The van der Waals surface area contributed by atoms with Crippen LogP contribution in [0, 0.1) is 0 Å². The van der Waals surface area contributed by atoms with Crippen molar-refractivity contribution in [1.82, 2.24) is 10.2 Å². The van der Waals surface area contributed by atoms with Crippen LogP contribution in [0.2, 0.25) is 0 Å². The van der Waals surface area contributed by atoms with Crippen LogP contribution in [0.25, 0.3) is 0 Å². The highest BCUT2D eigenvalue weighted by Gasteiger charge is 2.15. The molecule has 0 aromatic heterocycles. The monoisotopic (exact) mass is 314 g/mol. The van der Waals surface area contributed by atoms with Crippen molar-refractivity contribution in [1.29, 1.82) is 0 Å². The molecule has 4 nitrogen and oxygen atoms in total. The SMILES string of the molecule is CCN(CCNC)C(=O)c1ccc(Br)c(OC)c1. The Labute approximate surface area is 116 Å². The number of rotatable bonds is 6. The fourth-order valence-corrected chi connectivity index (χ4v) is 2.03. The van der Waals surface area contributed by atoms with E-state index in [9.17, 15) is 4.79 Å². The Bertz CT molecular complexity index is 410. The Morgan fingerprint density at radius 2 is 2.22 bits per heavy atom. The van der Waals surface area contributed by atoms with Crippen molar-refractivity contribution in [3.8, 4) is 5.75 Å². The second-order valence-electron chi connectivity index (χ2n) is 3.84. The van der Waals surface area contributed by atoms with E-state index in [1.807, 2.05) is 20.0 Å². The molecular weight excluding hydrogens is 296 g/mol. The van der Waals surface area contributed by atoms with Gasteiger partial charge in [0.25, 0.3) is 5.91 Å². The predicted octanol–water partition coefficient (Wildman–Crippen LogP) is 2.14. The van der Waals surface area contributed by atoms with Crippen molar-refractivity contribution >= 4 is 21.8 Å². The molecule has 0 saturated heterocycles. The van der Waals surface area contributed by atoms with Gasteiger partial charge in [0, 0.05) is 25.2 Å². The zero-order valence-corrected chi connectivity index (χ0v) is 12.6. The average Bonchev–Trinajstić information content (AvgIpc) is 2.40. The molecule has 0 aliphatic carbocycles. The molecule has 0 unspecified atom stereocenters. The van der Waals surface area contributed by atoms with Crippen molar-refractivity contribution in [3.63, 3.8) is 0 Å².